The van der Waals surface area contributed by atoms with Gasteiger partial charge < -0.3 is 5.11 Å². The van der Waals surface area contributed by atoms with Gasteiger partial charge in [-0.25, -0.2) is 0 Å². The second kappa shape index (κ2) is 10.8. The van der Waals surface area contributed by atoms with Gasteiger partial charge in [0.25, 0.3) is 0 Å². The van der Waals surface area contributed by atoms with Crippen LogP contribution in [0.2, 0.25) is 0 Å². The fourth-order valence-electron chi connectivity index (χ4n) is 3.48. The zero-order valence-electron chi connectivity index (χ0n) is 16.2. The van der Waals surface area contributed by atoms with Crippen molar-refractivity contribution < 1.29 is 9.90 Å². The van der Waals surface area contributed by atoms with Crippen LogP contribution in [-0.2, 0) is 17.6 Å². The monoisotopic (exact) mass is 352 g/mol. The van der Waals surface area contributed by atoms with Crippen LogP contribution < -0.4 is 0 Å². The molecule has 0 bridgehead atoms. The largest absolute Gasteiger partial charge is 0.481 e. The molecule has 0 aromatic heterocycles. The van der Waals surface area contributed by atoms with Crippen LogP contribution in [0.3, 0.4) is 0 Å². The van der Waals surface area contributed by atoms with E-state index in [1.54, 1.807) is 0 Å². The summed E-state index contributed by atoms with van der Waals surface area (Å²) >= 11 is 0. The Morgan fingerprint density at radius 3 is 2.12 bits per heavy atom. The number of benzene rings is 2. The van der Waals surface area contributed by atoms with E-state index < -0.39 is 5.97 Å². The number of carboxylic acid groups (broad SMARTS) is 1. The first kappa shape index (κ1) is 20.2. The van der Waals surface area contributed by atoms with E-state index in [1.807, 2.05) is 30.3 Å². The first-order valence-electron chi connectivity index (χ1n) is 9.89. The van der Waals surface area contributed by atoms with Gasteiger partial charge in [-0.15, -0.1) is 0 Å². The van der Waals surface area contributed by atoms with Gasteiger partial charge in [0.2, 0.25) is 0 Å². The summed E-state index contributed by atoms with van der Waals surface area (Å²) in [7, 11) is 0. The van der Waals surface area contributed by atoms with E-state index in [4.69, 9.17) is 5.11 Å². The Labute approximate surface area is 158 Å². The number of aliphatic carboxylic acids is 1. The van der Waals surface area contributed by atoms with Gasteiger partial charge in [-0.2, -0.15) is 0 Å². The highest BCUT2D eigenvalue weighted by Gasteiger charge is 2.15. The summed E-state index contributed by atoms with van der Waals surface area (Å²) in [5.74, 6) is 0.884. The average molecular weight is 353 g/mol. The van der Waals surface area contributed by atoms with Crippen LogP contribution >= 0.6 is 0 Å². The molecule has 0 spiro atoms. The van der Waals surface area contributed by atoms with Gasteiger partial charge in [0, 0.05) is 6.42 Å². The van der Waals surface area contributed by atoms with Gasteiger partial charge in [0.05, 0.1) is 0 Å². The predicted molar refractivity (Wildman–Crippen MR) is 109 cm³/mol. The second-order valence-corrected chi connectivity index (χ2v) is 7.63. The van der Waals surface area contributed by atoms with Gasteiger partial charge in [-0.1, -0.05) is 94.1 Å². The molecule has 2 nitrogen and oxygen atoms in total. The van der Waals surface area contributed by atoms with Crippen molar-refractivity contribution in [3.05, 3.63) is 71.3 Å². The number of aryl methyl sites for hydroxylation is 1. The maximum atomic E-state index is 10.2. The third-order valence-corrected chi connectivity index (χ3v) is 5.12. The highest BCUT2D eigenvalue weighted by atomic mass is 16.4. The number of carboxylic acids is 1. The second-order valence-electron chi connectivity index (χ2n) is 7.63. The molecule has 1 aliphatic carbocycles. The molecule has 1 saturated carbocycles. The summed E-state index contributed by atoms with van der Waals surface area (Å²) in [6, 6.07) is 18.9. The van der Waals surface area contributed by atoms with Gasteiger partial charge in [0.1, 0.15) is 0 Å². The number of rotatable bonds is 6. The third kappa shape index (κ3) is 7.43. The molecule has 1 N–H and O–H groups in total. The quantitative estimate of drug-likeness (QED) is 0.667. The predicted octanol–water partition coefficient (Wildman–Crippen LogP) is 6.25. The molecule has 0 saturated heterocycles. The van der Waals surface area contributed by atoms with Crippen molar-refractivity contribution in [2.75, 3.05) is 0 Å². The molecular weight excluding hydrogens is 320 g/mol. The standard InChI is InChI=1S/C15H22.C9H10O2/c1-12(2)15-9-7-14(8-10-15)11-13-5-3-4-6-13;10-9(11)7-6-8-4-2-1-3-5-8/h7-10,12-13H,3-6,11H2,1-2H3;1-5H,6-7H2,(H,10,11). The normalized spacial score (nSPS) is 14.1. The van der Waals surface area contributed by atoms with Gasteiger partial charge in [0.15, 0.2) is 0 Å². The van der Waals surface area contributed by atoms with Crippen LogP contribution in [0.15, 0.2) is 54.6 Å². The minimum absolute atomic E-state index is 0.212. The minimum Gasteiger partial charge on any atom is -0.481 e. The summed E-state index contributed by atoms with van der Waals surface area (Å²) in [5.41, 5.74) is 4.08. The molecule has 1 aliphatic rings. The number of carbonyl (C=O) groups is 1. The molecule has 1 fully saturated rings. The zero-order valence-corrected chi connectivity index (χ0v) is 16.2. The van der Waals surface area contributed by atoms with Crippen molar-refractivity contribution in [2.45, 2.75) is 64.7 Å². The molecule has 0 aliphatic heterocycles. The molecule has 0 atom stereocenters. The maximum Gasteiger partial charge on any atom is 0.303 e. The van der Waals surface area contributed by atoms with Crippen molar-refractivity contribution in [3.8, 4) is 0 Å². The topological polar surface area (TPSA) is 37.3 Å². The molecule has 0 amide bonds. The van der Waals surface area contributed by atoms with E-state index in [0.717, 1.165) is 11.5 Å². The smallest absolute Gasteiger partial charge is 0.303 e. The molecule has 26 heavy (non-hydrogen) atoms. The van der Waals surface area contributed by atoms with Gasteiger partial charge in [-0.3, -0.25) is 4.79 Å². The SMILES string of the molecule is CC(C)c1ccc(CC2CCCC2)cc1.O=C(O)CCc1ccccc1. The fraction of sp³-hybridized carbons (Fsp3) is 0.458. The lowest BCUT2D eigenvalue weighted by molar-refractivity contribution is -0.136. The lowest BCUT2D eigenvalue weighted by Gasteiger charge is -2.10. The van der Waals surface area contributed by atoms with E-state index in [2.05, 4.69) is 38.1 Å². The summed E-state index contributed by atoms with van der Waals surface area (Å²) in [4.78, 5) is 10.2. The van der Waals surface area contributed by atoms with E-state index in [0.29, 0.717) is 12.3 Å². The van der Waals surface area contributed by atoms with E-state index in [9.17, 15) is 4.79 Å². The maximum absolute atomic E-state index is 10.2. The summed E-state index contributed by atoms with van der Waals surface area (Å²) in [6.07, 6.45) is 7.94. The molecule has 2 aromatic rings. The number of hydrogen-bond donors (Lipinski definition) is 1. The molecule has 2 aromatic carbocycles. The lowest BCUT2D eigenvalue weighted by atomic mass is 9.95. The highest BCUT2D eigenvalue weighted by Crippen LogP contribution is 2.28. The van der Waals surface area contributed by atoms with E-state index >= 15 is 0 Å². The van der Waals surface area contributed by atoms with Gasteiger partial charge in [-0.05, 0) is 41.4 Å². The Morgan fingerprint density at radius 1 is 0.962 bits per heavy atom. The van der Waals surface area contributed by atoms with Crippen molar-refractivity contribution in [3.63, 3.8) is 0 Å². The first-order valence-corrected chi connectivity index (χ1v) is 9.89. The van der Waals surface area contributed by atoms with Crippen LogP contribution in [0.4, 0.5) is 0 Å². The van der Waals surface area contributed by atoms with Crippen LogP contribution in [0.5, 0.6) is 0 Å². The average Bonchev–Trinajstić information content (AvgIpc) is 3.15. The minimum atomic E-state index is -0.742. The molecule has 0 radical (unpaired) electrons. The fourth-order valence-corrected chi connectivity index (χ4v) is 3.48. The van der Waals surface area contributed by atoms with Crippen LogP contribution in [-0.4, -0.2) is 11.1 Å². The summed E-state index contributed by atoms with van der Waals surface area (Å²) < 4.78 is 0. The zero-order chi connectivity index (χ0) is 18.8. The van der Waals surface area contributed by atoms with Crippen molar-refractivity contribution in [1.29, 1.82) is 0 Å². The van der Waals surface area contributed by atoms with E-state index in [1.165, 1.54) is 43.2 Å². The molecule has 3 rings (SSSR count). The summed E-state index contributed by atoms with van der Waals surface area (Å²) in [6.45, 7) is 4.51. The Morgan fingerprint density at radius 2 is 1.58 bits per heavy atom. The molecule has 0 unspecified atom stereocenters. The Balaban J connectivity index is 0.000000197. The van der Waals surface area contributed by atoms with Crippen molar-refractivity contribution >= 4 is 5.97 Å². The molecule has 140 valence electrons. The van der Waals surface area contributed by atoms with Crippen LogP contribution in [0.1, 0.15) is 68.6 Å². The van der Waals surface area contributed by atoms with Crippen LogP contribution in [0.25, 0.3) is 0 Å². The Bertz CT molecular complexity index is 638. The Hall–Kier alpha value is -2.09. The third-order valence-electron chi connectivity index (χ3n) is 5.12. The van der Waals surface area contributed by atoms with Gasteiger partial charge >= 0.3 is 5.97 Å². The van der Waals surface area contributed by atoms with E-state index in [-0.39, 0.29) is 6.42 Å². The highest BCUT2D eigenvalue weighted by molar-refractivity contribution is 5.67. The number of hydrogen-bond acceptors (Lipinski definition) is 1. The van der Waals surface area contributed by atoms with Crippen LogP contribution in [0, 0.1) is 5.92 Å². The lowest BCUT2D eigenvalue weighted by Crippen LogP contribution is -1.98. The summed E-state index contributed by atoms with van der Waals surface area (Å²) in [5, 5.41) is 8.37. The van der Waals surface area contributed by atoms with Crippen molar-refractivity contribution in [1.82, 2.24) is 0 Å². The molecule has 2 heteroatoms. The van der Waals surface area contributed by atoms with Crippen molar-refractivity contribution in [2.24, 2.45) is 5.92 Å². The molecular formula is C24H32O2. The molecule has 0 heterocycles. The Kier molecular flexibility index (Phi) is 8.40. The first-order chi connectivity index (χ1) is 12.5.